The van der Waals surface area contributed by atoms with Crippen molar-refractivity contribution in [1.29, 1.82) is 0 Å². The number of halogens is 1. The number of hydrogen-bond donors (Lipinski definition) is 1. The number of thiazole rings is 1. The molecule has 2 aromatic heterocycles. The zero-order valence-electron chi connectivity index (χ0n) is 16.8. The van der Waals surface area contributed by atoms with Crippen molar-refractivity contribution in [3.63, 3.8) is 0 Å². The third-order valence-corrected chi connectivity index (χ3v) is 6.21. The smallest absolute Gasteiger partial charge is 0.256 e. The molecule has 0 aliphatic heterocycles. The second-order valence-electron chi connectivity index (χ2n) is 7.04. The standard InChI is InChI=1S/C25H17BrN4OS/c26-20-13-11-18(12-14-20)21-15-23(28-24(31)19-9-5-2-6-10-19)30(29-21)25-27-22(16-32-25)17-7-3-1-4-8-17/h1-16H,(H,28,31). The average molecular weight is 501 g/mol. The van der Waals surface area contributed by atoms with Crippen molar-refractivity contribution < 1.29 is 4.79 Å². The highest BCUT2D eigenvalue weighted by atomic mass is 79.9. The van der Waals surface area contributed by atoms with Crippen LogP contribution in [0.25, 0.3) is 27.6 Å². The van der Waals surface area contributed by atoms with Gasteiger partial charge in [-0.05, 0) is 24.3 Å². The maximum absolute atomic E-state index is 12.8. The van der Waals surface area contributed by atoms with Crippen LogP contribution in [0.5, 0.6) is 0 Å². The number of nitrogens with one attached hydrogen (secondary N) is 1. The normalized spacial score (nSPS) is 10.8. The van der Waals surface area contributed by atoms with Crippen molar-refractivity contribution in [2.24, 2.45) is 0 Å². The molecule has 0 saturated carbocycles. The number of benzene rings is 3. The van der Waals surface area contributed by atoms with Crippen LogP contribution < -0.4 is 5.32 Å². The van der Waals surface area contributed by atoms with E-state index in [4.69, 9.17) is 10.1 Å². The fourth-order valence-corrected chi connectivity index (χ4v) is 4.32. The summed E-state index contributed by atoms with van der Waals surface area (Å²) in [5, 5.41) is 10.4. The van der Waals surface area contributed by atoms with Gasteiger partial charge in [-0.3, -0.25) is 4.79 Å². The Kier molecular flexibility index (Phi) is 5.66. The van der Waals surface area contributed by atoms with Crippen LogP contribution in [0.1, 0.15) is 10.4 Å². The molecule has 0 aliphatic carbocycles. The van der Waals surface area contributed by atoms with Crippen molar-refractivity contribution >= 4 is 39.0 Å². The second-order valence-corrected chi connectivity index (χ2v) is 8.79. The molecule has 0 aliphatic rings. The molecule has 0 radical (unpaired) electrons. The lowest BCUT2D eigenvalue weighted by atomic mass is 10.1. The van der Waals surface area contributed by atoms with Crippen LogP contribution in [0.2, 0.25) is 0 Å². The van der Waals surface area contributed by atoms with Crippen LogP contribution in [0.3, 0.4) is 0 Å². The summed E-state index contributed by atoms with van der Waals surface area (Å²) in [5.41, 5.74) is 4.17. The fraction of sp³-hybridized carbons (Fsp3) is 0. The first-order chi connectivity index (χ1) is 15.7. The summed E-state index contributed by atoms with van der Waals surface area (Å²) in [5.74, 6) is 0.361. The number of nitrogens with zero attached hydrogens (tertiary/aromatic N) is 3. The van der Waals surface area contributed by atoms with E-state index in [2.05, 4.69) is 21.2 Å². The van der Waals surface area contributed by atoms with Crippen molar-refractivity contribution in [3.05, 3.63) is 106 Å². The first-order valence-corrected chi connectivity index (χ1v) is 11.6. The van der Waals surface area contributed by atoms with Gasteiger partial charge in [0.25, 0.3) is 5.91 Å². The highest BCUT2D eigenvalue weighted by Crippen LogP contribution is 2.30. The lowest BCUT2D eigenvalue weighted by molar-refractivity contribution is 0.102. The minimum absolute atomic E-state index is 0.200. The van der Waals surface area contributed by atoms with Crippen LogP contribution >= 0.6 is 27.3 Å². The van der Waals surface area contributed by atoms with Gasteiger partial charge in [-0.2, -0.15) is 9.78 Å². The molecule has 1 amide bonds. The summed E-state index contributed by atoms with van der Waals surface area (Å²) >= 11 is 4.94. The Balaban J connectivity index is 1.55. The van der Waals surface area contributed by atoms with Gasteiger partial charge in [-0.25, -0.2) is 4.98 Å². The molecule has 0 bridgehead atoms. The molecule has 0 saturated heterocycles. The topological polar surface area (TPSA) is 59.8 Å². The van der Waals surface area contributed by atoms with E-state index in [0.717, 1.165) is 27.0 Å². The third-order valence-electron chi connectivity index (χ3n) is 4.87. The monoisotopic (exact) mass is 500 g/mol. The Morgan fingerprint density at radius 1 is 0.844 bits per heavy atom. The molecular formula is C25H17BrN4OS. The number of carbonyl (C=O) groups excluding carboxylic acids is 1. The Hall–Kier alpha value is -3.55. The minimum Gasteiger partial charge on any atom is -0.306 e. The summed E-state index contributed by atoms with van der Waals surface area (Å²) in [4.78, 5) is 17.6. The van der Waals surface area contributed by atoms with Crippen LogP contribution in [0.4, 0.5) is 5.82 Å². The molecule has 0 fully saturated rings. The lowest BCUT2D eigenvalue weighted by Gasteiger charge is -2.06. The molecule has 0 atom stereocenters. The molecule has 1 N–H and O–H groups in total. The van der Waals surface area contributed by atoms with Gasteiger partial charge >= 0.3 is 0 Å². The third kappa shape index (κ3) is 4.26. The molecule has 5 rings (SSSR count). The molecule has 0 unspecified atom stereocenters. The molecular weight excluding hydrogens is 484 g/mol. The summed E-state index contributed by atoms with van der Waals surface area (Å²) in [6.45, 7) is 0. The van der Waals surface area contributed by atoms with E-state index in [-0.39, 0.29) is 5.91 Å². The van der Waals surface area contributed by atoms with E-state index in [1.807, 2.05) is 84.2 Å². The van der Waals surface area contributed by atoms with Gasteiger partial charge in [-0.1, -0.05) is 76.6 Å². The molecule has 3 aromatic carbocycles. The number of amides is 1. The van der Waals surface area contributed by atoms with Gasteiger partial charge in [0.05, 0.1) is 11.4 Å². The molecule has 156 valence electrons. The highest BCUT2D eigenvalue weighted by molar-refractivity contribution is 9.10. The fourth-order valence-electron chi connectivity index (χ4n) is 3.26. The average Bonchev–Trinajstić information content (AvgIpc) is 3.48. The van der Waals surface area contributed by atoms with E-state index in [0.29, 0.717) is 16.5 Å². The first-order valence-electron chi connectivity index (χ1n) is 9.91. The van der Waals surface area contributed by atoms with Crippen LogP contribution in [-0.4, -0.2) is 20.7 Å². The number of aromatic nitrogens is 3. The van der Waals surface area contributed by atoms with Gasteiger partial charge in [-0.15, -0.1) is 11.3 Å². The predicted octanol–water partition coefficient (Wildman–Crippen LogP) is 6.68. The van der Waals surface area contributed by atoms with Crippen LogP contribution in [-0.2, 0) is 0 Å². The number of hydrogen-bond acceptors (Lipinski definition) is 4. The quantitative estimate of drug-likeness (QED) is 0.292. The van der Waals surface area contributed by atoms with Crippen molar-refractivity contribution in [2.75, 3.05) is 5.32 Å². The van der Waals surface area contributed by atoms with Crippen molar-refractivity contribution in [3.8, 4) is 27.6 Å². The van der Waals surface area contributed by atoms with Crippen molar-refractivity contribution in [1.82, 2.24) is 14.8 Å². The summed E-state index contributed by atoms with van der Waals surface area (Å²) in [6, 6.07) is 28.9. The van der Waals surface area contributed by atoms with Gasteiger partial charge in [0.15, 0.2) is 0 Å². The van der Waals surface area contributed by atoms with Gasteiger partial charge in [0.1, 0.15) is 5.82 Å². The van der Waals surface area contributed by atoms with E-state index in [1.165, 1.54) is 11.3 Å². The SMILES string of the molecule is O=C(Nc1cc(-c2ccc(Br)cc2)nn1-c1nc(-c2ccccc2)cs1)c1ccccc1. The van der Waals surface area contributed by atoms with Crippen LogP contribution in [0, 0.1) is 0 Å². The van der Waals surface area contributed by atoms with Crippen molar-refractivity contribution in [2.45, 2.75) is 0 Å². The van der Waals surface area contributed by atoms with Gasteiger partial charge < -0.3 is 5.32 Å². The number of anilines is 1. The van der Waals surface area contributed by atoms with Gasteiger partial charge in [0, 0.05) is 32.6 Å². The molecule has 7 heteroatoms. The van der Waals surface area contributed by atoms with E-state index >= 15 is 0 Å². The summed E-state index contributed by atoms with van der Waals surface area (Å²) < 4.78 is 2.68. The summed E-state index contributed by atoms with van der Waals surface area (Å²) in [6.07, 6.45) is 0. The molecule has 0 spiro atoms. The minimum atomic E-state index is -0.200. The first kappa shape index (κ1) is 20.4. The lowest BCUT2D eigenvalue weighted by Crippen LogP contribution is -2.14. The Morgan fingerprint density at radius 2 is 1.50 bits per heavy atom. The largest absolute Gasteiger partial charge is 0.306 e. The number of rotatable bonds is 5. The molecule has 32 heavy (non-hydrogen) atoms. The zero-order valence-corrected chi connectivity index (χ0v) is 19.2. The summed E-state index contributed by atoms with van der Waals surface area (Å²) in [7, 11) is 0. The molecule has 5 aromatic rings. The Bertz CT molecular complexity index is 1360. The number of carbonyl (C=O) groups is 1. The van der Waals surface area contributed by atoms with Gasteiger partial charge in [0.2, 0.25) is 5.13 Å². The molecule has 2 heterocycles. The Morgan fingerprint density at radius 3 is 2.22 bits per heavy atom. The Labute approximate surface area is 197 Å². The highest BCUT2D eigenvalue weighted by Gasteiger charge is 2.17. The predicted molar refractivity (Wildman–Crippen MR) is 132 cm³/mol. The maximum atomic E-state index is 12.8. The molecule has 5 nitrogen and oxygen atoms in total. The maximum Gasteiger partial charge on any atom is 0.256 e. The van der Waals surface area contributed by atoms with E-state index in [9.17, 15) is 4.79 Å². The van der Waals surface area contributed by atoms with E-state index < -0.39 is 0 Å². The van der Waals surface area contributed by atoms with Crippen LogP contribution in [0.15, 0.2) is 101 Å². The van der Waals surface area contributed by atoms with E-state index in [1.54, 1.807) is 16.8 Å². The zero-order chi connectivity index (χ0) is 21.9. The second kappa shape index (κ2) is 8.90.